The van der Waals surface area contributed by atoms with E-state index in [-0.39, 0.29) is 17.9 Å². The summed E-state index contributed by atoms with van der Waals surface area (Å²) in [5, 5.41) is 10.3. The average Bonchev–Trinajstić information content (AvgIpc) is 2.97. The molecule has 1 aliphatic rings. The van der Waals surface area contributed by atoms with Crippen molar-refractivity contribution in [2.24, 2.45) is 7.05 Å². The minimum absolute atomic E-state index is 0.208. The van der Waals surface area contributed by atoms with E-state index < -0.39 is 0 Å². The van der Waals surface area contributed by atoms with Gasteiger partial charge in [-0.3, -0.25) is 14.3 Å². The van der Waals surface area contributed by atoms with Crippen molar-refractivity contribution < 1.29 is 9.59 Å². The number of nitrogens with one attached hydrogen (secondary N) is 2. The summed E-state index contributed by atoms with van der Waals surface area (Å²) in [5.74, 6) is -0.104. The van der Waals surface area contributed by atoms with Crippen molar-refractivity contribution in [2.75, 3.05) is 5.32 Å². The molecule has 25 heavy (non-hydrogen) atoms. The van der Waals surface area contributed by atoms with E-state index in [2.05, 4.69) is 15.7 Å². The van der Waals surface area contributed by atoms with E-state index in [1.54, 1.807) is 37.4 Å². The molecule has 1 heterocycles. The second-order valence-electron chi connectivity index (χ2n) is 6.28. The third-order valence-corrected chi connectivity index (χ3v) is 4.74. The van der Waals surface area contributed by atoms with Gasteiger partial charge in [-0.15, -0.1) is 0 Å². The summed E-state index contributed by atoms with van der Waals surface area (Å²) in [6.45, 7) is 0. The van der Waals surface area contributed by atoms with Gasteiger partial charge in [-0.05, 0) is 25.0 Å². The van der Waals surface area contributed by atoms with Crippen LogP contribution >= 0.6 is 11.6 Å². The van der Waals surface area contributed by atoms with Crippen LogP contribution < -0.4 is 10.6 Å². The highest BCUT2D eigenvalue weighted by atomic mass is 35.5. The molecule has 0 saturated heterocycles. The fraction of sp³-hybridized carbons (Fsp3) is 0.389. The molecule has 2 amide bonds. The Hall–Kier alpha value is -2.34. The van der Waals surface area contributed by atoms with Crippen LogP contribution in [0.4, 0.5) is 5.82 Å². The molecule has 0 bridgehead atoms. The summed E-state index contributed by atoms with van der Waals surface area (Å²) in [6, 6.07) is 8.59. The highest BCUT2D eigenvalue weighted by Gasteiger charge is 2.20. The number of amides is 2. The minimum Gasteiger partial charge on any atom is -0.348 e. The molecule has 0 radical (unpaired) electrons. The van der Waals surface area contributed by atoms with Crippen LogP contribution in [-0.2, 0) is 7.05 Å². The quantitative estimate of drug-likeness (QED) is 0.877. The zero-order valence-corrected chi connectivity index (χ0v) is 14.8. The van der Waals surface area contributed by atoms with Crippen LogP contribution in [0.2, 0.25) is 5.02 Å². The summed E-state index contributed by atoms with van der Waals surface area (Å²) in [7, 11) is 1.68. The molecule has 0 spiro atoms. The minimum atomic E-state index is -0.340. The van der Waals surface area contributed by atoms with Gasteiger partial charge in [0, 0.05) is 19.2 Å². The fourth-order valence-corrected chi connectivity index (χ4v) is 3.25. The van der Waals surface area contributed by atoms with Crippen molar-refractivity contribution in [3.05, 3.63) is 46.6 Å². The number of rotatable bonds is 4. The second kappa shape index (κ2) is 7.70. The van der Waals surface area contributed by atoms with E-state index in [0.717, 1.165) is 25.7 Å². The molecular formula is C18H21ClN4O2. The van der Waals surface area contributed by atoms with Crippen LogP contribution in [0.1, 0.15) is 53.0 Å². The second-order valence-corrected chi connectivity index (χ2v) is 6.69. The van der Waals surface area contributed by atoms with Crippen molar-refractivity contribution in [3.63, 3.8) is 0 Å². The Bertz CT molecular complexity index is 781. The SMILES string of the molecule is Cn1nc(C(=O)NC2CCCCC2)cc1NC(=O)c1ccccc1Cl. The van der Waals surface area contributed by atoms with Gasteiger partial charge in [-0.1, -0.05) is 43.0 Å². The van der Waals surface area contributed by atoms with Crippen LogP contribution in [0, 0.1) is 0 Å². The largest absolute Gasteiger partial charge is 0.348 e. The standard InChI is InChI=1S/C18H21ClN4O2/c1-23-16(21-17(24)13-9-5-6-10-14(13)19)11-15(22-23)18(25)20-12-7-3-2-4-8-12/h5-6,9-12H,2-4,7-8H2,1H3,(H,20,25)(H,21,24). The Balaban J connectivity index is 1.68. The first-order chi connectivity index (χ1) is 12.0. The zero-order valence-electron chi connectivity index (χ0n) is 14.1. The lowest BCUT2D eigenvalue weighted by molar-refractivity contribution is 0.0921. The maximum atomic E-state index is 12.4. The average molecular weight is 361 g/mol. The van der Waals surface area contributed by atoms with Gasteiger partial charge in [0.2, 0.25) is 0 Å². The third kappa shape index (κ3) is 4.20. The number of anilines is 1. The first-order valence-electron chi connectivity index (χ1n) is 8.45. The molecule has 0 unspecified atom stereocenters. The first-order valence-corrected chi connectivity index (χ1v) is 8.83. The van der Waals surface area contributed by atoms with Gasteiger partial charge in [-0.25, -0.2) is 0 Å². The predicted octanol–water partition coefficient (Wildman–Crippen LogP) is 3.39. The lowest BCUT2D eigenvalue weighted by atomic mass is 9.95. The Morgan fingerprint density at radius 1 is 1.16 bits per heavy atom. The maximum Gasteiger partial charge on any atom is 0.272 e. The lowest BCUT2D eigenvalue weighted by Gasteiger charge is -2.22. The van der Waals surface area contributed by atoms with E-state index in [1.165, 1.54) is 11.1 Å². The van der Waals surface area contributed by atoms with Crippen LogP contribution in [0.15, 0.2) is 30.3 Å². The Kier molecular flexibility index (Phi) is 5.38. The fourth-order valence-electron chi connectivity index (χ4n) is 3.03. The van der Waals surface area contributed by atoms with Crippen LogP contribution in [0.3, 0.4) is 0 Å². The highest BCUT2D eigenvalue weighted by Crippen LogP contribution is 2.19. The van der Waals surface area contributed by atoms with E-state index >= 15 is 0 Å². The lowest BCUT2D eigenvalue weighted by Crippen LogP contribution is -2.36. The van der Waals surface area contributed by atoms with Crippen LogP contribution in [0.25, 0.3) is 0 Å². The van der Waals surface area contributed by atoms with Crippen molar-refractivity contribution in [2.45, 2.75) is 38.1 Å². The molecule has 6 nitrogen and oxygen atoms in total. The molecule has 2 aromatic rings. The van der Waals surface area contributed by atoms with Gasteiger partial charge >= 0.3 is 0 Å². The van der Waals surface area contributed by atoms with Gasteiger partial charge in [-0.2, -0.15) is 5.10 Å². The highest BCUT2D eigenvalue weighted by molar-refractivity contribution is 6.34. The normalized spacial score (nSPS) is 15.0. The van der Waals surface area contributed by atoms with E-state index in [1.807, 2.05) is 0 Å². The number of hydrogen-bond donors (Lipinski definition) is 2. The van der Waals surface area contributed by atoms with Gasteiger partial charge in [0.25, 0.3) is 11.8 Å². The number of halogens is 1. The molecule has 0 atom stereocenters. The molecule has 1 aromatic heterocycles. The molecule has 132 valence electrons. The number of aromatic nitrogens is 2. The summed E-state index contributed by atoms with van der Waals surface area (Å²) < 4.78 is 1.48. The Morgan fingerprint density at radius 3 is 2.60 bits per heavy atom. The third-order valence-electron chi connectivity index (χ3n) is 4.41. The molecule has 1 saturated carbocycles. The van der Waals surface area contributed by atoms with Gasteiger partial charge in [0.05, 0.1) is 10.6 Å². The smallest absolute Gasteiger partial charge is 0.272 e. The van der Waals surface area contributed by atoms with Gasteiger partial charge in [0.15, 0.2) is 5.69 Å². The van der Waals surface area contributed by atoms with Crippen LogP contribution in [0.5, 0.6) is 0 Å². The summed E-state index contributed by atoms with van der Waals surface area (Å²) in [6.07, 6.45) is 5.54. The number of carbonyl (C=O) groups is 2. The van der Waals surface area contributed by atoms with Gasteiger partial charge in [0.1, 0.15) is 5.82 Å². The first kappa shape index (κ1) is 17.5. The summed E-state index contributed by atoms with van der Waals surface area (Å²) >= 11 is 6.04. The zero-order chi connectivity index (χ0) is 17.8. The number of carbonyl (C=O) groups excluding carboxylic acids is 2. The van der Waals surface area contributed by atoms with Crippen molar-refractivity contribution in [1.29, 1.82) is 0 Å². The molecular weight excluding hydrogens is 340 g/mol. The molecule has 3 rings (SSSR count). The molecule has 1 fully saturated rings. The molecule has 7 heteroatoms. The monoisotopic (exact) mass is 360 g/mol. The van der Waals surface area contributed by atoms with E-state index in [4.69, 9.17) is 11.6 Å². The predicted molar refractivity (Wildman–Crippen MR) is 97.0 cm³/mol. The molecule has 0 aliphatic heterocycles. The van der Waals surface area contributed by atoms with E-state index in [0.29, 0.717) is 22.1 Å². The Morgan fingerprint density at radius 2 is 1.88 bits per heavy atom. The van der Waals surface area contributed by atoms with E-state index in [9.17, 15) is 9.59 Å². The number of aryl methyl sites for hydroxylation is 1. The van der Waals surface area contributed by atoms with Gasteiger partial charge < -0.3 is 10.6 Å². The number of nitrogens with zero attached hydrogens (tertiary/aromatic N) is 2. The van der Waals surface area contributed by atoms with Crippen molar-refractivity contribution >= 4 is 29.2 Å². The molecule has 1 aliphatic carbocycles. The summed E-state index contributed by atoms with van der Waals surface area (Å²) in [5.41, 5.74) is 0.668. The molecule has 1 aromatic carbocycles. The van der Waals surface area contributed by atoms with Crippen LogP contribution in [-0.4, -0.2) is 27.6 Å². The number of benzene rings is 1. The Labute approximate surface area is 151 Å². The maximum absolute atomic E-state index is 12.4. The van der Waals surface area contributed by atoms with Crippen molar-refractivity contribution in [1.82, 2.24) is 15.1 Å². The number of hydrogen-bond acceptors (Lipinski definition) is 3. The topological polar surface area (TPSA) is 76.0 Å². The molecule has 2 N–H and O–H groups in total. The van der Waals surface area contributed by atoms with Crippen molar-refractivity contribution in [3.8, 4) is 0 Å². The summed E-state index contributed by atoms with van der Waals surface area (Å²) in [4.78, 5) is 24.7.